The number of carbonyl (C=O) groups excluding carboxylic acids is 2. The summed E-state index contributed by atoms with van der Waals surface area (Å²) in [6.45, 7) is 0.749. The second-order valence-electron chi connectivity index (χ2n) is 3.04. The predicted molar refractivity (Wildman–Crippen MR) is 44.6 cm³/mol. The van der Waals surface area contributed by atoms with E-state index >= 15 is 0 Å². The van der Waals surface area contributed by atoms with Crippen LogP contribution < -0.4 is 10.6 Å². The highest BCUT2D eigenvalue weighted by Gasteiger charge is 2.26. The van der Waals surface area contributed by atoms with Gasteiger partial charge in [-0.2, -0.15) is 0 Å². The molecule has 4 nitrogen and oxygen atoms in total. The van der Waals surface area contributed by atoms with E-state index in [9.17, 15) is 9.59 Å². The first-order chi connectivity index (χ1) is 5.77. The van der Waals surface area contributed by atoms with Crippen LogP contribution >= 0.6 is 0 Å². The van der Waals surface area contributed by atoms with Gasteiger partial charge in [0.25, 0.3) is 0 Å². The lowest BCUT2D eigenvalue weighted by Gasteiger charge is -2.11. The molecule has 1 rings (SSSR count). The van der Waals surface area contributed by atoms with Gasteiger partial charge in [-0.3, -0.25) is 4.79 Å². The first-order valence-electron chi connectivity index (χ1n) is 4.18. The van der Waals surface area contributed by atoms with Crippen LogP contribution in [-0.4, -0.2) is 31.8 Å². The summed E-state index contributed by atoms with van der Waals surface area (Å²) in [6, 6.07) is -0.182. The molecule has 0 unspecified atom stereocenters. The predicted octanol–water partition coefficient (Wildman–Crippen LogP) is -0.701. The lowest BCUT2D eigenvalue weighted by molar-refractivity contribution is -0.122. The van der Waals surface area contributed by atoms with Gasteiger partial charge in [0.2, 0.25) is 5.91 Å². The molecule has 0 radical (unpaired) electrons. The smallest absolute Gasteiger partial charge is 0.223 e. The molecule has 68 valence electrons. The molecule has 1 fully saturated rings. The van der Waals surface area contributed by atoms with Gasteiger partial charge < -0.3 is 15.4 Å². The number of hydrogen-bond acceptors (Lipinski definition) is 3. The number of amides is 1. The van der Waals surface area contributed by atoms with Gasteiger partial charge in [0.15, 0.2) is 0 Å². The summed E-state index contributed by atoms with van der Waals surface area (Å²) in [5, 5.41) is 5.59. The Labute approximate surface area is 71.7 Å². The van der Waals surface area contributed by atoms with E-state index in [1.165, 1.54) is 0 Å². The molecule has 0 bridgehead atoms. The van der Waals surface area contributed by atoms with Crippen molar-refractivity contribution in [3.05, 3.63) is 0 Å². The van der Waals surface area contributed by atoms with E-state index in [2.05, 4.69) is 10.6 Å². The summed E-state index contributed by atoms with van der Waals surface area (Å²) in [6.07, 6.45) is 2.32. The minimum atomic E-state index is -0.182. The molecule has 0 spiro atoms. The Morgan fingerprint density at radius 1 is 1.83 bits per heavy atom. The summed E-state index contributed by atoms with van der Waals surface area (Å²) >= 11 is 0. The SMILES string of the molecule is CN[C@H](C=O)C[C@@H]1CCNC1=O. The van der Waals surface area contributed by atoms with Gasteiger partial charge in [-0.25, -0.2) is 0 Å². The van der Waals surface area contributed by atoms with Crippen LogP contribution in [-0.2, 0) is 9.59 Å². The van der Waals surface area contributed by atoms with Crippen LogP contribution in [0, 0.1) is 5.92 Å². The third-order valence-corrected chi connectivity index (χ3v) is 2.24. The van der Waals surface area contributed by atoms with Crippen LogP contribution in [0.2, 0.25) is 0 Å². The van der Waals surface area contributed by atoms with Gasteiger partial charge in [-0.1, -0.05) is 0 Å². The number of hydrogen-bond donors (Lipinski definition) is 2. The molecule has 0 aromatic heterocycles. The third-order valence-electron chi connectivity index (χ3n) is 2.24. The molecule has 1 saturated heterocycles. The second-order valence-corrected chi connectivity index (χ2v) is 3.04. The molecule has 0 aromatic carbocycles. The minimum Gasteiger partial charge on any atom is -0.356 e. The summed E-state index contributed by atoms with van der Waals surface area (Å²) in [4.78, 5) is 21.5. The van der Waals surface area contributed by atoms with Crippen LogP contribution in [0.25, 0.3) is 0 Å². The molecule has 1 aliphatic rings. The van der Waals surface area contributed by atoms with Crippen molar-refractivity contribution in [2.24, 2.45) is 5.92 Å². The van der Waals surface area contributed by atoms with E-state index in [4.69, 9.17) is 0 Å². The second kappa shape index (κ2) is 4.21. The van der Waals surface area contributed by atoms with Crippen LogP contribution in [0.15, 0.2) is 0 Å². The van der Waals surface area contributed by atoms with Crippen molar-refractivity contribution in [1.29, 1.82) is 0 Å². The Hall–Kier alpha value is -0.900. The third kappa shape index (κ3) is 2.04. The average molecular weight is 170 g/mol. The Kier molecular flexibility index (Phi) is 3.22. The van der Waals surface area contributed by atoms with Gasteiger partial charge in [-0.15, -0.1) is 0 Å². The maximum atomic E-state index is 11.1. The van der Waals surface area contributed by atoms with Crippen LogP contribution in [0.4, 0.5) is 0 Å². The van der Waals surface area contributed by atoms with Gasteiger partial charge >= 0.3 is 0 Å². The summed E-state index contributed by atoms with van der Waals surface area (Å²) < 4.78 is 0. The molecule has 0 saturated carbocycles. The fourth-order valence-electron chi connectivity index (χ4n) is 1.42. The molecule has 4 heteroatoms. The molecule has 0 aromatic rings. The molecule has 1 aliphatic heterocycles. The Morgan fingerprint density at radius 3 is 3.00 bits per heavy atom. The first kappa shape index (κ1) is 9.19. The van der Waals surface area contributed by atoms with E-state index < -0.39 is 0 Å². The van der Waals surface area contributed by atoms with E-state index in [0.717, 1.165) is 19.3 Å². The standard InChI is InChI=1S/C8H14N2O2/c1-9-7(5-11)4-6-2-3-10-8(6)12/h5-7,9H,2-4H2,1H3,(H,10,12)/t6-,7-/m0/s1. The zero-order valence-corrected chi connectivity index (χ0v) is 7.17. The summed E-state index contributed by atoms with van der Waals surface area (Å²) in [7, 11) is 1.73. The highest BCUT2D eigenvalue weighted by atomic mass is 16.2. The summed E-state index contributed by atoms with van der Waals surface area (Å²) in [5.74, 6) is 0.102. The monoisotopic (exact) mass is 170 g/mol. The Balaban J connectivity index is 2.38. The molecular weight excluding hydrogens is 156 g/mol. The van der Waals surface area contributed by atoms with Crippen LogP contribution in [0.3, 0.4) is 0 Å². The van der Waals surface area contributed by atoms with E-state index in [1.807, 2.05) is 0 Å². The molecular formula is C8H14N2O2. The zero-order chi connectivity index (χ0) is 8.97. The summed E-state index contributed by atoms with van der Waals surface area (Å²) in [5.41, 5.74) is 0. The Bertz CT molecular complexity index is 182. The molecule has 1 heterocycles. The fraction of sp³-hybridized carbons (Fsp3) is 0.750. The quantitative estimate of drug-likeness (QED) is 0.548. The van der Waals surface area contributed by atoms with Crippen molar-refractivity contribution in [3.8, 4) is 0 Å². The number of carbonyl (C=O) groups is 2. The van der Waals surface area contributed by atoms with Gasteiger partial charge in [0.1, 0.15) is 6.29 Å². The molecule has 1 amide bonds. The molecule has 2 atom stereocenters. The number of nitrogens with one attached hydrogen (secondary N) is 2. The van der Waals surface area contributed by atoms with Gasteiger partial charge in [0.05, 0.1) is 6.04 Å². The van der Waals surface area contributed by atoms with E-state index in [1.54, 1.807) is 7.05 Å². The largest absolute Gasteiger partial charge is 0.356 e. The first-order valence-corrected chi connectivity index (χ1v) is 4.18. The van der Waals surface area contributed by atoms with Crippen LogP contribution in [0.5, 0.6) is 0 Å². The lowest BCUT2D eigenvalue weighted by Crippen LogP contribution is -2.31. The average Bonchev–Trinajstić information content (AvgIpc) is 2.47. The minimum absolute atomic E-state index is 0.0210. The van der Waals surface area contributed by atoms with Crippen molar-refractivity contribution in [3.63, 3.8) is 0 Å². The fourth-order valence-corrected chi connectivity index (χ4v) is 1.42. The maximum absolute atomic E-state index is 11.1. The van der Waals surface area contributed by atoms with Crippen molar-refractivity contribution >= 4 is 12.2 Å². The number of aldehydes is 1. The van der Waals surface area contributed by atoms with Gasteiger partial charge in [0, 0.05) is 12.5 Å². The zero-order valence-electron chi connectivity index (χ0n) is 7.17. The van der Waals surface area contributed by atoms with Crippen molar-refractivity contribution in [2.75, 3.05) is 13.6 Å². The van der Waals surface area contributed by atoms with Gasteiger partial charge in [-0.05, 0) is 19.9 Å². The van der Waals surface area contributed by atoms with Crippen molar-refractivity contribution in [2.45, 2.75) is 18.9 Å². The van der Waals surface area contributed by atoms with Crippen molar-refractivity contribution in [1.82, 2.24) is 10.6 Å². The number of rotatable bonds is 4. The molecule has 2 N–H and O–H groups in total. The van der Waals surface area contributed by atoms with E-state index in [0.29, 0.717) is 6.42 Å². The normalized spacial score (nSPS) is 25.1. The van der Waals surface area contributed by atoms with Crippen LogP contribution in [0.1, 0.15) is 12.8 Å². The molecule has 0 aliphatic carbocycles. The highest BCUT2D eigenvalue weighted by Crippen LogP contribution is 2.14. The van der Waals surface area contributed by atoms with Crippen molar-refractivity contribution < 1.29 is 9.59 Å². The van der Waals surface area contributed by atoms with E-state index in [-0.39, 0.29) is 17.9 Å². The highest BCUT2D eigenvalue weighted by molar-refractivity contribution is 5.81. The molecule has 12 heavy (non-hydrogen) atoms. The topological polar surface area (TPSA) is 58.2 Å². The Morgan fingerprint density at radius 2 is 2.58 bits per heavy atom. The lowest BCUT2D eigenvalue weighted by atomic mass is 9.99. The maximum Gasteiger partial charge on any atom is 0.223 e. The number of likely N-dealkylation sites (N-methyl/N-ethyl adjacent to an activating group) is 1.